The Morgan fingerprint density at radius 3 is 2.57 bits per heavy atom. The van der Waals surface area contributed by atoms with Gasteiger partial charge < -0.3 is 5.32 Å². The number of imide groups is 1. The molecule has 3 amide bonds. The molecule has 5 heteroatoms. The van der Waals surface area contributed by atoms with E-state index in [1.165, 1.54) is 19.3 Å². The van der Waals surface area contributed by atoms with E-state index in [0.29, 0.717) is 6.04 Å². The molecule has 1 aliphatic carbocycles. The second-order valence-electron chi connectivity index (χ2n) is 6.46. The molecule has 0 heterocycles. The summed E-state index contributed by atoms with van der Waals surface area (Å²) in [5.41, 5.74) is 2.84. The quantitative estimate of drug-likeness (QED) is 0.896. The normalized spacial score (nSPS) is 15.5. The van der Waals surface area contributed by atoms with Gasteiger partial charge in [-0.25, -0.2) is 4.79 Å². The highest BCUT2D eigenvalue weighted by Gasteiger charge is 2.20. The van der Waals surface area contributed by atoms with E-state index in [1.807, 2.05) is 39.1 Å². The van der Waals surface area contributed by atoms with Crippen LogP contribution in [0.4, 0.5) is 10.5 Å². The number of hydrogen-bond donors (Lipinski definition) is 2. The minimum absolute atomic E-state index is 0.255. The summed E-state index contributed by atoms with van der Waals surface area (Å²) < 4.78 is 0. The zero-order chi connectivity index (χ0) is 16.8. The number of anilines is 1. The number of urea groups is 1. The van der Waals surface area contributed by atoms with Gasteiger partial charge in [0.1, 0.15) is 0 Å². The number of likely N-dealkylation sites (N-methyl/N-ethyl adjacent to an activating group) is 1. The lowest BCUT2D eigenvalue weighted by molar-refractivity contribution is -0.121. The summed E-state index contributed by atoms with van der Waals surface area (Å²) in [5, 5.41) is 5.16. The van der Waals surface area contributed by atoms with E-state index in [0.717, 1.165) is 29.7 Å². The fraction of sp³-hybridized carbons (Fsp3) is 0.556. The van der Waals surface area contributed by atoms with Crippen LogP contribution in [0.3, 0.4) is 0 Å². The fourth-order valence-corrected chi connectivity index (χ4v) is 3.08. The van der Waals surface area contributed by atoms with Crippen molar-refractivity contribution in [2.75, 3.05) is 18.9 Å². The van der Waals surface area contributed by atoms with Gasteiger partial charge in [0.05, 0.1) is 6.54 Å². The number of carbonyl (C=O) groups is 2. The van der Waals surface area contributed by atoms with Gasteiger partial charge in [-0.2, -0.15) is 0 Å². The summed E-state index contributed by atoms with van der Waals surface area (Å²) in [6.07, 6.45) is 6.01. The van der Waals surface area contributed by atoms with Crippen LogP contribution in [0, 0.1) is 13.8 Å². The summed E-state index contributed by atoms with van der Waals surface area (Å²) in [6, 6.07) is 5.69. The van der Waals surface area contributed by atoms with Crippen molar-refractivity contribution in [1.82, 2.24) is 10.2 Å². The molecule has 0 aromatic heterocycles. The Morgan fingerprint density at radius 1 is 1.17 bits per heavy atom. The molecule has 5 nitrogen and oxygen atoms in total. The highest BCUT2D eigenvalue weighted by atomic mass is 16.2. The van der Waals surface area contributed by atoms with Crippen molar-refractivity contribution in [3.63, 3.8) is 0 Å². The Hall–Kier alpha value is -1.88. The minimum atomic E-state index is -0.472. The number of rotatable bonds is 4. The molecular formula is C18H27N3O2. The second-order valence-corrected chi connectivity index (χ2v) is 6.46. The molecule has 0 unspecified atom stereocenters. The first-order valence-electron chi connectivity index (χ1n) is 8.34. The fourth-order valence-electron chi connectivity index (χ4n) is 3.08. The topological polar surface area (TPSA) is 61.4 Å². The molecule has 1 saturated carbocycles. The maximum Gasteiger partial charge on any atom is 0.325 e. The van der Waals surface area contributed by atoms with Crippen molar-refractivity contribution in [3.8, 4) is 0 Å². The molecule has 2 N–H and O–H groups in total. The first kappa shape index (κ1) is 17.5. The molecule has 126 valence electrons. The van der Waals surface area contributed by atoms with E-state index >= 15 is 0 Å². The van der Waals surface area contributed by atoms with Gasteiger partial charge in [0.2, 0.25) is 5.91 Å². The van der Waals surface area contributed by atoms with Gasteiger partial charge in [0, 0.05) is 11.7 Å². The van der Waals surface area contributed by atoms with Crippen LogP contribution in [0.25, 0.3) is 0 Å². The lowest BCUT2D eigenvalue weighted by atomic mass is 9.94. The van der Waals surface area contributed by atoms with Crippen LogP contribution in [0.15, 0.2) is 18.2 Å². The van der Waals surface area contributed by atoms with Crippen LogP contribution in [0.5, 0.6) is 0 Å². The maximum absolute atomic E-state index is 12.0. The van der Waals surface area contributed by atoms with Gasteiger partial charge in [0.15, 0.2) is 0 Å². The highest BCUT2D eigenvalue weighted by Crippen LogP contribution is 2.21. The van der Waals surface area contributed by atoms with Gasteiger partial charge in [0.25, 0.3) is 0 Å². The SMILES string of the molecule is Cc1cccc(NC(=O)NC(=O)CN(C)C2CCCCC2)c1C. The largest absolute Gasteiger partial charge is 0.325 e. The van der Waals surface area contributed by atoms with Crippen LogP contribution in [0.2, 0.25) is 0 Å². The average molecular weight is 317 g/mol. The first-order chi connectivity index (χ1) is 11.0. The van der Waals surface area contributed by atoms with Crippen LogP contribution in [-0.4, -0.2) is 36.5 Å². The molecule has 1 fully saturated rings. The van der Waals surface area contributed by atoms with Crippen LogP contribution < -0.4 is 10.6 Å². The number of carbonyl (C=O) groups excluding carboxylic acids is 2. The van der Waals surface area contributed by atoms with Crippen molar-refractivity contribution in [3.05, 3.63) is 29.3 Å². The third-order valence-corrected chi connectivity index (χ3v) is 4.70. The summed E-state index contributed by atoms with van der Waals surface area (Å²) in [4.78, 5) is 26.1. The van der Waals surface area contributed by atoms with Crippen LogP contribution in [0.1, 0.15) is 43.2 Å². The average Bonchev–Trinajstić information content (AvgIpc) is 2.52. The van der Waals surface area contributed by atoms with Crippen molar-refractivity contribution < 1.29 is 9.59 Å². The van der Waals surface area contributed by atoms with E-state index in [1.54, 1.807) is 0 Å². The van der Waals surface area contributed by atoms with Crippen LogP contribution >= 0.6 is 0 Å². The second kappa shape index (κ2) is 8.11. The summed E-state index contributed by atoms with van der Waals surface area (Å²) >= 11 is 0. The maximum atomic E-state index is 12.0. The number of amides is 3. The standard InChI is InChI=1S/C18H27N3O2/c1-13-8-7-11-16(14(13)2)19-18(23)20-17(22)12-21(3)15-9-5-4-6-10-15/h7-8,11,15H,4-6,9-10,12H2,1-3H3,(H2,19,20,22,23). The van der Waals surface area contributed by atoms with Crippen molar-refractivity contribution in [2.24, 2.45) is 0 Å². The zero-order valence-electron chi connectivity index (χ0n) is 14.3. The molecule has 1 aromatic carbocycles. The predicted molar refractivity (Wildman–Crippen MR) is 92.6 cm³/mol. The number of hydrogen-bond acceptors (Lipinski definition) is 3. The molecular weight excluding hydrogens is 290 g/mol. The summed E-state index contributed by atoms with van der Waals surface area (Å²) in [5.74, 6) is -0.263. The van der Waals surface area contributed by atoms with E-state index in [9.17, 15) is 9.59 Å². The Morgan fingerprint density at radius 2 is 1.87 bits per heavy atom. The van der Waals surface area contributed by atoms with E-state index in [4.69, 9.17) is 0 Å². The number of aryl methyl sites for hydroxylation is 1. The van der Waals surface area contributed by atoms with Gasteiger partial charge >= 0.3 is 6.03 Å². The van der Waals surface area contributed by atoms with Gasteiger partial charge in [-0.3, -0.25) is 15.0 Å². The number of nitrogens with zero attached hydrogens (tertiary/aromatic N) is 1. The van der Waals surface area contributed by atoms with E-state index in [2.05, 4.69) is 15.5 Å². The molecule has 0 radical (unpaired) electrons. The highest BCUT2D eigenvalue weighted by molar-refractivity contribution is 6.02. The van der Waals surface area contributed by atoms with Crippen molar-refractivity contribution >= 4 is 17.6 Å². The Kier molecular flexibility index (Phi) is 6.16. The van der Waals surface area contributed by atoms with Gasteiger partial charge in [-0.15, -0.1) is 0 Å². The van der Waals surface area contributed by atoms with E-state index < -0.39 is 6.03 Å². The molecule has 23 heavy (non-hydrogen) atoms. The number of benzene rings is 1. The Bertz CT molecular complexity index is 565. The lowest BCUT2D eigenvalue weighted by Crippen LogP contribution is -2.44. The summed E-state index contributed by atoms with van der Waals surface area (Å²) in [7, 11) is 1.96. The zero-order valence-corrected chi connectivity index (χ0v) is 14.3. The molecule has 0 saturated heterocycles. The smallest absolute Gasteiger partial charge is 0.307 e. The monoisotopic (exact) mass is 317 g/mol. The molecule has 0 spiro atoms. The van der Waals surface area contributed by atoms with Gasteiger partial charge in [-0.1, -0.05) is 31.4 Å². The molecule has 0 aliphatic heterocycles. The lowest BCUT2D eigenvalue weighted by Gasteiger charge is -2.30. The van der Waals surface area contributed by atoms with Gasteiger partial charge in [-0.05, 0) is 50.9 Å². The Balaban J connectivity index is 1.82. The predicted octanol–water partition coefficient (Wildman–Crippen LogP) is 3.22. The van der Waals surface area contributed by atoms with E-state index in [-0.39, 0.29) is 12.5 Å². The third-order valence-electron chi connectivity index (χ3n) is 4.70. The molecule has 0 bridgehead atoms. The molecule has 0 atom stereocenters. The summed E-state index contributed by atoms with van der Waals surface area (Å²) in [6.45, 7) is 4.19. The minimum Gasteiger partial charge on any atom is -0.307 e. The molecule has 1 aromatic rings. The van der Waals surface area contributed by atoms with Crippen molar-refractivity contribution in [1.29, 1.82) is 0 Å². The first-order valence-corrected chi connectivity index (χ1v) is 8.34. The molecule has 1 aliphatic rings. The van der Waals surface area contributed by atoms with Crippen molar-refractivity contribution in [2.45, 2.75) is 52.0 Å². The Labute approximate surface area is 138 Å². The van der Waals surface area contributed by atoms with Crippen LogP contribution in [-0.2, 0) is 4.79 Å². The third kappa shape index (κ3) is 5.06. The number of nitrogens with one attached hydrogen (secondary N) is 2. The molecule has 2 rings (SSSR count).